The molecule has 0 fully saturated rings. The van der Waals surface area contributed by atoms with Crippen LogP contribution in [-0.2, 0) is 6.18 Å². The van der Waals surface area contributed by atoms with Gasteiger partial charge in [-0.05, 0) is 18.2 Å². The van der Waals surface area contributed by atoms with Crippen molar-refractivity contribution in [3.05, 3.63) is 42.4 Å². The van der Waals surface area contributed by atoms with Gasteiger partial charge in [0.2, 0.25) is 0 Å². The lowest BCUT2D eigenvalue weighted by Crippen LogP contribution is -2.06. The number of aromatic nitrogens is 4. The van der Waals surface area contributed by atoms with E-state index in [1.165, 1.54) is 23.0 Å². The molecule has 1 aromatic carbocycles. The summed E-state index contributed by atoms with van der Waals surface area (Å²) in [5.41, 5.74) is 5.79. The molecule has 3 rings (SSSR count). The molecule has 0 aliphatic carbocycles. The first kappa shape index (κ1) is 12.4. The number of fused-ring (bicyclic) bond motifs is 1. The fourth-order valence-corrected chi connectivity index (χ4v) is 1.86. The topological polar surface area (TPSA) is 69.1 Å². The van der Waals surface area contributed by atoms with Crippen LogP contribution in [-0.4, -0.2) is 19.6 Å². The fourth-order valence-electron chi connectivity index (χ4n) is 1.86. The summed E-state index contributed by atoms with van der Waals surface area (Å²) >= 11 is 0. The maximum absolute atomic E-state index is 12.8. The smallest absolute Gasteiger partial charge is 0.398 e. The van der Waals surface area contributed by atoms with Gasteiger partial charge in [-0.3, -0.25) is 4.40 Å². The van der Waals surface area contributed by atoms with E-state index in [0.717, 1.165) is 12.1 Å². The number of rotatable bonds is 1. The maximum Gasteiger partial charge on any atom is 0.416 e. The molecule has 0 aliphatic heterocycles. The van der Waals surface area contributed by atoms with Crippen molar-refractivity contribution in [1.82, 2.24) is 19.6 Å². The molecule has 102 valence electrons. The highest BCUT2D eigenvalue weighted by atomic mass is 19.4. The Labute approximate surface area is 110 Å². The summed E-state index contributed by atoms with van der Waals surface area (Å²) in [5, 5.41) is 7.74. The summed E-state index contributed by atoms with van der Waals surface area (Å²) in [6, 6.07) is 4.69. The minimum absolute atomic E-state index is 0.167. The fraction of sp³-hybridized carbons (Fsp3) is 0.0833. The zero-order valence-electron chi connectivity index (χ0n) is 9.96. The molecule has 0 spiro atoms. The molecular weight excluding hydrogens is 271 g/mol. The van der Waals surface area contributed by atoms with Gasteiger partial charge in [-0.1, -0.05) is 0 Å². The normalized spacial score (nSPS) is 11.9. The van der Waals surface area contributed by atoms with E-state index in [1.807, 2.05) is 0 Å². The summed E-state index contributed by atoms with van der Waals surface area (Å²) in [6.45, 7) is 0. The molecule has 5 nitrogen and oxygen atoms in total. The van der Waals surface area contributed by atoms with Crippen molar-refractivity contribution in [3.63, 3.8) is 0 Å². The molecule has 0 saturated carbocycles. The molecule has 20 heavy (non-hydrogen) atoms. The standard InChI is InChI=1S/C12H8F3N5/c13-12(14,15)7-1-2-9(16)8(5-7)11-19-18-10-3-4-17-6-20(10)11/h1-6H,16H2. The summed E-state index contributed by atoms with van der Waals surface area (Å²) in [7, 11) is 0. The van der Waals surface area contributed by atoms with Crippen LogP contribution in [0, 0.1) is 0 Å². The predicted molar refractivity (Wildman–Crippen MR) is 65.6 cm³/mol. The van der Waals surface area contributed by atoms with Crippen molar-refractivity contribution >= 4 is 11.3 Å². The molecule has 2 N–H and O–H groups in total. The summed E-state index contributed by atoms with van der Waals surface area (Å²) < 4.78 is 39.8. The molecular formula is C12H8F3N5. The molecule has 0 unspecified atom stereocenters. The first-order chi connectivity index (χ1) is 9.47. The molecule has 0 amide bonds. The van der Waals surface area contributed by atoms with Gasteiger partial charge in [-0.2, -0.15) is 13.2 Å². The summed E-state index contributed by atoms with van der Waals surface area (Å²) in [4.78, 5) is 3.89. The largest absolute Gasteiger partial charge is 0.416 e. The van der Waals surface area contributed by atoms with Gasteiger partial charge in [0.1, 0.15) is 6.33 Å². The summed E-state index contributed by atoms with van der Waals surface area (Å²) in [5.74, 6) is 0.219. The third-order valence-electron chi connectivity index (χ3n) is 2.84. The van der Waals surface area contributed by atoms with Gasteiger partial charge in [-0.15, -0.1) is 10.2 Å². The maximum atomic E-state index is 12.8. The zero-order chi connectivity index (χ0) is 14.3. The Kier molecular flexibility index (Phi) is 2.60. The van der Waals surface area contributed by atoms with Gasteiger partial charge in [0, 0.05) is 23.5 Å². The Morgan fingerprint density at radius 3 is 2.65 bits per heavy atom. The van der Waals surface area contributed by atoms with Crippen molar-refractivity contribution < 1.29 is 13.2 Å². The Bertz CT molecular complexity index is 778. The first-order valence-corrected chi connectivity index (χ1v) is 5.58. The highest BCUT2D eigenvalue weighted by Gasteiger charge is 2.31. The van der Waals surface area contributed by atoms with E-state index < -0.39 is 11.7 Å². The number of nitrogens with two attached hydrogens (primary N) is 1. The number of benzene rings is 1. The van der Waals surface area contributed by atoms with E-state index in [0.29, 0.717) is 5.65 Å². The molecule has 0 aliphatic rings. The van der Waals surface area contributed by atoms with Crippen LogP contribution in [0.5, 0.6) is 0 Å². The van der Waals surface area contributed by atoms with Gasteiger partial charge >= 0.3 is 6.18 Å². The lowest BCUT2D eigenvalue weighted by Gasteiger charge is -2.10. The molecule has 0 radical (unpaired) electrons. The monoisotopic (exact) mass is 279 g/mol. The van der Waals surface area contributed by atoms with Crippen molar-refractivity contribution in [2.24, 2.45) is 0 Å². The quantitative estimate of drug-likeness (QED) is 0.694. The average Bonchev–Trinajstić information content (AvgIpc) is 2.82. The Balaban J connectivity index is 2.24. The first-order valence-electron chi connectivity index (χ1n) is 5.58. The third kappa shape index (κ3) is 1.94. The van der Waals surface area contributed by atoms with Crippen LogP contribution >= 0.6 is 0 Å². The van der Waals surface area contributed by atoms with Gasteiger partial charge in [0.05, 0.1) is 5.56 Å². The number of hydrogen-bond donors (Lipinski definition) is 1. The van der Waals surface area contributed by atoms with Crippen LogP contribution in [0.3, 0.4) is 0 Å². The van der Waals surface area contributed by atoms with Gasteiger partial charge < -0.3 is 5.73 Å². The number of anilines is 1. The minimum Gasteiger partial charge on any atom is -0.398 e. The second-order valence-corrected chi connectivity index (χ2v) is 4.13. The number of hydrogen-bond acceptors (Lipinski definition) is 4. The van der Waals surface area contributed by atoms with Crippen LogP contribution < -0.4 is 5.73 Å². The second-order valence-electron chi connectivity index (χ2n) is 4.13. The van der Waals surface area contributed by atoms with E-state index in [1.54, 1.807) is 6.07 Å². The highest BCUT2D eigenvalue weighted by molar-refractivity contribution is 5.73. The van der Waals surface area contributed by atoms with Gasteiger partial charge in [-0.25, -0.2) is 4.98 Å². The molecule has 0 saturated heterocycles. The highest BCUT2D eigenvalue weighted by Crippen LogP contribution is 2.34. The zero-order valence-corrected chi connectivity index (χ0v) is 9.96. The molecule has 3 aromatic rings. The molecule has 2 heterocycles. The van der Waals surface area contributed by atoms with E-state index in [-0.39, 0.29) is 17.1 Å². The van der Waals surface area contributed by atoms with Crippen LogP contribution in [0.2, 0.25) is 0 Å². The van der Waals surface area contributed by atoms with Crippen molar-refractivity contribution in [2.45, 2.75) is 6.18 Å². The van der Waals surface area contributed by atoms with E-state index in [4.69, 9.17) is 5.73 Å². The van der Waals surface area contributed by atoms with Crippen molar-refractivity contribution in [1.29, 1.82) is 0 Å². The SMILES string of the molecule is Nc1ccc(C(F)(F)F)cc1-c1nnc2ccncn12. The Hall–Kier alpha value is -2.64. The number of halogens is 3. The van der Waals surface area contributed by atoms with Crippen molar-refractivity contribution in [3.8, 4) is 11.4 Å². The molecule has 0 atom stereocenters. The van der Waals surface area contributed by atoms with Crippen LogP contribution in [0.4, 0.5) is 18.9 Å². The van der Waals surface area contributed by atoms with E-state index in [2.05, 4.69) is 15.2 Å². The Morgan fingerprint density at radius 1 is 1.10 bits per heavy atom. The van der Waals surface area contributed by atoms with Crippen LogP contribution in [0.15, 0.2) is 36.8 Å². The van der Waals surface area contributed by atoms with E-state index in [9.17, 15) is 13.2 Å². The average molecular weight is 279 g/mol. The summed E-state index contributed by atoms with van der Waals surface area (Å²) in [6.07, 6.45) is -1.51. The van der Waals surface area contributed by atoms with Gasteiger partial charge in [0.15, 0.2) is 11.5 Å². The predicted octanol–water partition coefficient (Wildman–Crippen LogP) is 2.39. The molecule has 8 heteroatoms. The van der Waals surface area contributed by atoms with Crippen LogP contribution in [0.1, 0.15) is 5.56 Å². The number of alkyl halides is 3. The third-order valence-corrected chi connectivity index (χ3v) is 2.84. The van der Waals surface area contributed by atoms with E-state index >= 15 is 0 Å². The van der Waals surface area contributed by atoms with Gasteiger partial charge in [0.25, 0.3) is 0 Å². The lowest BCUT2D eigenvalue weighted by molar-refractivity contribution is -0.137. The Morgan fingerprint density at radius 2 is 1.90 bits per heavy atom. The van der Waals surface area contributed by atoms with Crippen LogP contribution in [0.25, 0.3) is 17.0 Å². The molecule has 0 bridgehead atoms. The van der Waals surface area contributed by atoms with Crippen molar-refractivity contribution in [2.75, 3.05) is 5.73 Å². The number of nitrogen functional groups attached to an aromatic ring is 1. The molecule has 2 aromatic heterocycles. The minimum atomic E-state index is -4.44. The number of nitrogens with zero attached hydrogens (tertiary/aromatic N) is 4. The second kappa shape index (κ2) is 4.19. The lowest BCUT2D eigenvalue weighted by atomic mass is 10.1.